The van der Waals surface area contributed by atoms with Gasteiger partial charge in [0.2, 0.25) is 0 Å². The summed E-state index contributed by atoms with van der Waals surface area (Å²) in [5.74, 6) is 0. The Morgan fingerprint density at radius 3 is 2.82 bits per heavy atom. The molecule has 0 saturated carbocycles. The maximum Gasteiger partial charge on any atom is 0.349 e. The van der Waals surface area contributed by atoms with Gasteiger partial charge in [-0.05, 0) is 13.0 Å². The summed E-state index contributed by atoms with van der Waals surface area (Å²) in [5, 5.41) is 0.900. The number of rotatable bonds is 5. The Bertz CT molecular complexity index is 842. The zero-order chi connectivity index (χ0) is 15.5. The van der Waals surface area contributed by atoms with Gasteiger partial charge >= 0.3 is 5.69 Å². The average molecular weight is 335 g/mol. The molecule has 0 radical (unpaired) electrons. The Morgan fingerprint density at radius 1 is 1.32 bits per heavy atom. The molecule has 3 aromatic rings. The molecule has 2 aromatic heterocycles. The van der Waals surface area contributed by atoms with Gasteiger partial charge < -0.3 is 4.74 Å². The summed E-state index contributed by atoms with van der Waals surface area (Å²) in [5.41, 5.74) is 1.32. The smallest absolute Gasteiger partial charge is 0.349 e. The summed E-state index contributed by atoms with van der Waals surface area (Å²) in [4.78, 5) is 17.5. The van der Waals surface area contributed by atoms with Gasteiger partial charge in [-0.3, -0.25) is 4.57 Å². The highest BCUT2D eigenvalue weighted by atomic mass is 35.5. The van der Waals surface area contributed by atoms with Crippen LogP contribution in [0.25, 0.3) is 21.5 Å². The maximum absolute atomic E-state index is 12.4. The summed E-state index contributed by atoms with van der Waals surface area (Å²) in [6.45, 7) is 3.51. The van der Waals surface area contributed by atoms with Gasteiger partial charge in [0, 0.05) is 17.6 Å². The first kappa shape index (κ1) is 15.2. The third kappa shape index (κ3) is 2.92. The first-order valence-corrected chi connectivity index (χ1v) is 8.23. The second-order valence-electron chi connectivity index (χ2n) is 4.73. The van der Waals surface area contributed by atoms with E-state index in [0.717, 1.165) is 15.8 Å². The summed E-state index contributed by atoms with van der Waals surface area (Å²) in [6.07, 6.45) is 0. The largest absolute Gasteiger partial charge is 0.380 e. The molecule has 0 aliphatic rings. The molecule has 2 heterocycles. The van der Waals surface area contributed by atoms with Crippen molar-refractivity contribution in [2.45, 2.75) is 13.5 Å². The third-order valence-electron chi connectivity index (χ3n) is 3.33. The van der Waals surface area contributed by atoms with E-state index in [2.05, 4.69) is 4.98 Å². The van der Waals surface area contributed by atoms with Gasteiger partial charge in [-0.2, -0.15) is 4.98 Å². The molecule has 0 bridgehead atoms. The first-order chi connectivity index (χ1) is 10.7. The molecule has 6 heteroatoms. The van der Waals surface area contributed by atoms with Crippen LogP contribution in [0.4, 0.5) is 0 Å². The monoisotopic (exact) mass is 334 g/mol. The van der Waals surface area contributed by atoms with Crippen molar-refractivity contribution in [1.82, 2.24) is 9.55 Å². The predicted molar refractivity (Wildman–Crippen MR) is 90.8 cm³/mol. The zero-order valence-electron chi connectivity index (χ0n) is 12.1. The molecule has 0 atom stereocenters. The summed E-state index contributed by atoms with van der Waals surface area (Å²) in [7, 11) is 0. The van der Waals surface area contributed by atoms with Crippen molar-refractivity contribution in [2.75, 3.05) is 13.2 Å². The highest BCUT2D eigenvalue weighted by molar-refractivity contribution is 7.22. The van der Waals surface area contributed by atoms with Crippen molar-refractivity contribution in [3.8, 4) is 11.3 Å². The molecule has 0 aliphatic carbocycles. The number of hydrogen-bond acceptors (Lipinski definition) is 4. The zero-order valence-corrected chi connectivity index (χ0v) is 13.7. The molecule has 0 amide bonds. The molecule has 0 N–H and O–H groups in total. The molecule has 0 aliphatic heterocycles. The van der Waals surface area contributed by atoms with Crippen molar-refractivity contribution < 1.29 is 4.74 Å². The van der Waals surface area contributed by atoms with Crippen LogP contribution in [0.2, 0.25) is 4.34 Å². The first-order valence-electron chi connectivity index (χ1n) is 7.03. The van der Waals surface area contributed by atoms with Crippen molar-refractivity contribution in [3.63, 3.8) is 0 Å². The normalized spacial score (nSPS) is 11.2. The van der Waals surface area contributed by atoms with Gasteiger partial charge in [0.15, 0.2) is 0 Å². The van der Waals surface area contributed by atoms with Gasteiger partial charge in [-0.1, -0.05) is 41.9 Å². The highest BCUT2D eigenvalue weighted by Gasteiger charge is 2.15. The van der Waals surface area contributed by atoms with E-state index >= 15 is 0 Å². The van der Waals surface area contributed by atoms with E-state index in [1.54, 1.807) is 4.57 Å². The Labute approximate surface area is 136 Å². The minimum Gasteiger partial charge on any atom is -0.380 e. The second kappa shape index (κ2) is 6.60. The number of benzene rings is 1. The lowest BCUT2D eigenvalue weighted by Crippen LogP contribution is -2.25. The van der Waals surface area contributed by atoms with Crippen LogP contribution in [0.15, 0.2) is 41.2 Å². The number of hydrogen-bond donors (Lipinski definition) is 0. The number of aromatic nitrogens is 2. The SMILES string of the molecule is CCOCCn1c(=O)nc(-c2ccccc2)c2cc(Cl)sc21. The molecule has 114 valence electrons. The van der Waals surface area contributed by atoms with E-state index in [-0.39, 0.29) is 5.69 Å². The maximum atomic E-state index is 12.4. The molecule has 4 nitrogen and oxygen atoms in total. The Morgan fingerprint density at radius 2 is 2.09 bits per heavy atom. The lowest BCUT2D eigenvalue weighted by molar-refractivity contribution is 0.139. The van der Waals surface area contributed by atoms with E-state index in [1.807, 2.05) is 43.3 Å². The summed E-state index contributed by atoms with van der Waals surface area (Å²) >= 11 is 7.56. The Kier molecular flexibility index (Phi) is 4.57. The fraction of sp³-hybridized carbons (Fsp3) is 0.250. The number of fused-ring (bicyclic) bond motifs is 1. The predicted octanol–water partition coefficient (Wildman–Crippen LogP) is 3.81. The summed E-state index contributed by atoms with van der Waals surface area (Å²) in [6, 6.07) is 11.5. The van der Waals surface area contributed by atoms with Crippen LogP contribution in [0.5, 0.6) is 0 Å². The molecule has 0 fully saturated rings. The Hall–Kier alpha value is -1.69. The van der Waals surface area contributed by atoms with Crippen molar-refractivity contribution >= 4 is 33.2 Å². The molecule has 1 aromatic carbocycles. The molecule has 3 rings (SSSR count). The van der Waals surface area contributed by atoms with E-state index in [4.69, 9.17) is 16.3 Å². The molecular weight excluding hydrogens is 320 g/mol. The molecule has 0 spiro atoms. The fourth-order valence-corrected chi connectivity index (χ4v) is 3.57. The number of thiophene rings is 1. The van der Waals surface area contributed by atoms with Crippen LogP contribution in [0.3, 0.4) is 0 Å². The lowest BCUT2D eigenvalue weighted by Gasteiger charge is -2.09. The number of ether oxygens (including phenoxy) is 1. The topological polar surface area (TPSA) is 44.1 Å². The van der Waals surface area contributed by atoms with Crippen LogP contribution in [-0.4, -0.2) is 22.8 Å². The second-order valence-corrected chi connectivity index (χ2v) is 6.39. The molecule has 0 unspecified atom stereocenters. The van der Waals surface area contributed by atoms with E-state index in [1.165, 1.54) is 11.3 Å². The number of halogens is 1. The van der Waals surface area contributed by atoms with Gasteiger partial charge in [-0.15, -0.1) is 11.3 Å². The van der Waals surface area contributed by atoms with Crippen LogP contribution in [0, 0.1) is 0 Å². The average Bonchev–Trinajstić information content (AvgIpc) is 2.91. The minimum atomic E-state index is -0.274. The quantitative estimate of drug-likeness (QED) is 0.666. The lowest BCUT2D eigenvalue weighted by atomic mass is 10.1. The van der Waals surface area contributed by atoms with Gasteiger partial charge in [-0.25, -0.2) is 4.79 Å². The van der Waals surface area contributed by atoms with Crippen molar-refractivity contribution in [1.29, 1.82) is 0 Å². The Balaban J connectivity index is 2.17. The highest BCUT2D eigenvalue weighted by Crippen LogP contribution is 2.33. The van der Waals surface area contributed by atoms with E-state index in [9.17, 15) is 4.79 Å². The summed E-state index contributed by atoms with van der Waals surface area (Å²) < 4.78 is 7.62. The standard InChI is InChI=1S/C16H15ClN2O2S/c1-2-21-9-8-19-15-12(10-13(17)22-15)14(18-16(19)20)11-6-4-3-5-7-11/h3-7,10H,2,8-9H2,1H3. The molecule has 22 heavy (non-hydrogen) atoms. The van der Waals surface area contributed by atoms with Gasteiger partial charge in [0.1, 0.15) is 4.83 Å². The van der Waals surface area contributed by atoms with Crippen LogP contribution in [0.1, 0.15) is 6.92 Å². The number of nitrogens with zero attached hydrogens (tertiary/aromatic N) is 2. The fourth-order valence-electron chi connectivity index (χ4n) is 2.34. The van der Waals surface area contributed by atoms with Crippen molar-refractivity contribution in [2.24, 2.45) is 0 Å². The van der Waals surface area contributed by atoms with Crippen molar-refractivity contribution in [3.05, 3.63) is 51.2 Å². The van der Waals surface area contributed by atoms with Crippen LogP contribution in [-0.2, 0) is 11.3 Å². The molecule has 0 saturated heterocycles. The van der Waals surface area contributed by atoms with Gasteiger partial charge in [0.25, 0.3) is 0 Å². The third-order valence-corrected chi connectivity index (χ3v) is 4.62. The molecular formula is C16H15ClN2O2S. The van der Waals surface area contributed by atoms with Crippen LogP contribution < -0.4 is 5.69 Å². The minimum absolute atomic E-state index is 0.274. The van der Waals surface area contributed by atoms with Crippen LogP contribution >= 0.6 is 22.9 Å². The van der Waals surface area contributed by atoms with E-state index < -0.39 is 0 Å². The van der Waals surface area contributed by atoms with E-state index in [0.29, 0.717) is 29.8 Å². The van der Waals surface area contributed by atoms with Gasteiger partial charge in [0.05, 0.1) is 23.2 Å².